The Balaban J connectivity index is 2.18. The molecule has 11 heteroatoms. The Labute approximate surface area is 160 Å². The molecule has 11 nitrogen and oxygen atoms in total. The van der Waals surface area contributed by atoms with Crippen LogP contribution in [0.2, 0.25) is 0 Å². The van der Waals surface area contributed by atoms with Crippen LogP contribution in [0.25, 0.3) is 0 Å². The van der Waals surface area contributed by atoms with Crippen LogP contribution in [0.4, 0.5) is 0 Å². The number of aromatic nitrogens is 1. The highest BCUT2D eigenvalue weighted by atomic mass is 16.9. The van der Waals surface area contributed by atoms with Crippen molar-refractivity contribution < 1.29 is 24.4 Å². The van der Waals surface area contributed by atoms with Gasteiger partial charge in [-0.05, 0) is 44.4 Å². The number of hydrogen-bond donors (Lipinski definition) is 1. The van der Waals surface area contributed by atoms with Crippen LogP contribution in [0.15, 0.2) is 47.2 Å². The molecule has 1 unspecified atom stereocenters. The first-order chi connectivity index (χ1) is 13.3. The van der Waals surface area contributed by atoms with E-state index in [1.54, 1.807) is 26.0 Å². The third kappa shape index (κ3) is 5.02. The van der Waals surface area contributed by atoms with E-state index < -0.39 is 21.9 Å². The van der Waals surface area contributed by atoms with Gasteiger partial charge in [-0.3, -0.25) is 15.1 Å². The van der Waals surface area contributed by atoms with Gasteiger partial charge in [0, 0.05) is 18.1 Å². The predicted molar refractivity (Wildman–Crippen MR) is 95.6 cm³/mol. The van der Waals surface area contributed by atoms with Crippen molar-refractivity contribution in [1.82, 2.24) is 10.3 Å². The number of nitrogens with one attached hydrogen (secondary N) is 1. The molecule has 0 spiro atoms. The minimum atomic E-state index is -0.899. The fraction of sp³-hybridized carbons (Fsp3) is 0.412. The summed E-state index contributed by atoms with van der Waals surface area (Å²) >= 11 is 0. The molecule has 0 fully saturated rings. The number of carbonyl (C=O) groups is 1. The molecular formula is C17H20N4O7. The average Bonchev–Trinajstić information content (AvgIpc) is 2.63. The van der Waals surface area contributed by atoms with Gasteiger partial charge in [-0.1, -0.05) is 0 Å². The molecule has 0 amide bonds. The molecule has 0 saturated carbocycles. The molecule has 1 aliphatic heterocycles. The zero-order valence-electron chi connectivity index (χ0n) is 15.4. The van der Waals surface area contributed by atoms with Crippen molar-refractivity contribution in [1.29, 1.82) is 0 Å². The summed E-state index contributed by atoms with van der Waals surface area (Å²) in [5, 5.41) is 23.7. The van der Waals surface area contributed by atoms with Gasteiger partial charge in [0.25, 0.3) is 10.8 Å². The van der Waals surface area contributed by atoms with Crippen molar-refractivity contribution in [2.75, 3.05) is 13.2 Å². The smallest absolute Gasteiger partial charge is 0.336 e. The largest absolute Gasteiger partial charge is 0.462 e. The lowest BCUT2D eigenvalue weighted by Crippen LogP contribution is -2.31. The minimum Gasteiger partial charge on any atom is -0.462 e. The van der Waals surface area contributed by atoms with Gasteiger partial charge in [-0.15, -0.1) is 10.1 Å². The molecule has 1 aromatic heterocycles. The lowest BCUT2D eigenvalue weighted by Gasteiger charge is -2.26. The van der Waals surface area contributed by atoms with Crippen molar-refractivity contribution in [3.63, 3.8) is 0 Å². The number of allylic oxidation sites excluding steroid dienone is 3. The summed E-state index contributed by atoms with van der Waals surface area (Å²) in [6, 6.07) is 3.23. The van der Waals surface area contributed by atoms with Gasteiger partial charge in [0.05, 0.1) is 29.4 Å². The SMILES string of the molecule is CC1=C(C(=O)OCCCCO[N+](=O)[O-])C(c2ccncc2)C([N+](=O)[O-])=C(C)N1. The number of pyridine rings is 1. The standard InChI is InChI=1S/C17H20N4O7/c1-11-14(17(22)27-9-3-4-10-28-21(25)26)15(13-5-7-18-8-6-13)16(20(23)24)12(2)19-11/h5-8,15,19H,3-4,9-10H2,1-2H3. The number of esters is 1. The van der Waals surface area contributed by atoms with Crippen molar-refractivity contribution >= 4 is 5.97 Å². The number of hydrogen-bond acceptors (Lipinski definition) is 9. The Morgan fingerprint density at radius 3 is 2.39 bits per heavy atom. The van der Waals surface area contributed by atoms with Crippen LogP contribution in [-0.4, -0.2) is 34.2 Å². The van der Waals surface area contributed by atoms with E-state index in [4.69, 9.17) is 4.74 Å². The summed E-state index contributed by atoms with van der Waals surface area (Å²) < 4.78 is 5.25. The van der Waals surface area contributed by atoms with Crippen LogP contribution in [0.5, 0.6) is 0 Å². The van der Waals surface area contributed by atoms with Gasteiger partial charge < -0.3 is 14.9 Å². The van der Waals surface area contributed by atoms with E-state index in [9.17, 15) is 25.0 Å². The first kappa shape index (κ1) is 20.8. The van der Waals surface area contributed by atoms with E-state index >= 15 is 0 Å². The maximum Gasteiger partial charge on any atom is 0.336 e. The highest BCUT2D eigenvalue weighted by molar-refractivity contribution is 5.92. The first-order valence-electron chi connectivity index (χ1n) is 8.50. The minimum absolute atomic E-state index is 0.0102. The highest BCUT2D eigenvalue weighted by Crippen LogP contribution is 2.38. The van der Waals surface area contributed by atoms with Gasteiger partial charge in [-0.25, -0.2) is 4.79 Å². The number of nitro groups is 1. The number of rotatable bonds is 9. The molecule has 1 aliphatic rings. The molecule has 150 valence electrons. The second-order valence-electron chi connectivity index (χ2n) is 6.04. The summed E-state index contributed by atoms with van der Waals surface area (Å²) in [5.74, 6) is -1.58. The molecule has 1 N–H and O–H groups in total. The van der Waals surface area contributed by atoms with Crippen molar-refractivity contribution in [2.24, 2.45) is 0 Å². The van der Waals surface area contributed by atoms with Crippen molar-refractivity contribution in [3.05, 3.63) is 73.0 Å². The number of dihydropyridines is 1. The summed E-state index contributed by atoms with van der Waals surface area (Å²) in [6.07, 6.45) is 3.68. The van der Waals surface area contributed by atoms with Crippen molar-refractivity contribution in [2.45, 2.75) is 32.6 Å². The molecule has 0 bridgehead atoms. The fourth-order valence-electron chi connectivity index (χ4n) is 2.96. The van der Waals surface area contributed by atoms with Gasteiger partial charge in [-0.2, -0.15) is 0 Å². The van der Waals surface area contributed by atoms with Crippen LogP contribution in [0.3, 0.4) is 0 Å². The third-order valence-electron chi connectivity index (χ3n) is 4.15. The van der Waals surface area contributed by atoms with Crippen LogP contribution < -0.4 is 5.32 Å². The zero-order valence-corrected chi connectivity index (χ0v) is 15.4. The zero-order chi connectivity index (χ0) is 20.7. The molecule has 1 aromatic rings. The lowest BCUT2D eigenvalue weighted by atomic mass is 9.84. The summed E-state index contributed by atoms with van der Waals surface area (Å²) in [6.45, 7) is 3.14. The van der Waals surface area contributed by atoms with Crippen LogP contribution in [0, 0.1) is 20.2 Å². The van der Waals surface area contributed by atoms with E-state index in [2.05, 4.69) is 15.1 Å². The van der Waals surface area contributed by atoms with E-state index in [-0.39, 0.29) is 24.5 Å². The molecule has 0 saturated heterocycles. The van der Waals surface area contributed by atoms with Crippen LogP contribution in [-0.2, 0) is 14.4 Å². The second-order valence-corrected chi connectivity index (χ2v) is 6.04. The molecule has 0 radical (unpaired) electrons. The van der Waals surface area contributed by atoms with Gasteiger partial charge in [0.1, 0.15) is 5.92 Å². The maximum atomic E-state index is 12.7. The molecule has 2 heterocycles. The molecular weight excluding hydrogens is 372 g/mol. The Kier molecular flexibility index (Phi) is 7.02. The average molecular weight is 392 g/mol. The Bertz CT molecular complexity index is 820. The van der Waals surface area contributed by atoms with Crippen LogP contribution >= 0.6 is 0 Å². The predicted octanol–water partition coefficient (Wildman–Crippen LogP) is 2.08. The molecule has 28 heavy (non-hydrogen) atoms. The Morgan fingerprint density at radius 1 is 1.14 bits per heavy atom. The normalized spacial score (nSPS) is 16.4. The Hall–Kier alpha value is -3.50. The molecule has 2 rings (SSSR count). The van der Waals surface area contributed by atoms with Gasteiger partial charge in [0.15, 0.2) is 0 Å². The monoisotopic (exact) mass is 392 g/mol. The number of nitrogens with zero attached hydrogens (tertiary/aromatic N) is 3. The van der Waals surface area contributed by atoms with Crippen molar-refractivity contribution in [3.8, 4) is 0 Å². The second kappa shape index (κ2) is 9.44. The van der Waals surface area contributed by atoms with E-state index in [1.165, 1.54) is 12.4 Å². The Morgan fingerprint density at radius 2 is 1.79 bits per heavy atom. The highest BCUT2D eigenvalue weighted by Gasteiger charge is 2.40. The first-order valence-corrected chi connectivity index (χ1v) is 8.50. The molecule has 1 atom stereocenters. The van der Waals surface area contributed by atoms with E-state index in [1.807, 2.05) is 0 Å². The summed E-state index contributed by atoms with van der Waals surface area (Å²) in [4.78, 5) is 42.0. The summed E-state index contributed by atoms with van der Waals surface area (Å²) in [7, 11) is 0. The van der Waals surface area contributed by atoms with Gasteiger partial charge >= 0.3 is 5.97 Å². The van der Waals surface area contributed by atoms with Crippen LogP contribution in [0.1, 0.15) is 38.2 Å². The third-order valence-corrected chi connectivity index (χ3v) is 4.15. The quantitative estimate of drug-likeness (QED) is 0.289. The maximum absolute atomic E-state index is 12.7. The number of unbranched alkanes of at least 4 members (excludes halogenated alkanes) is 1. The number of ether oxygens (including phenoxy) is 1. The fourth-order valence-corrected chi connectivity index (χ4v) is 2.96. The van der Waals surface area contributed by atoms with E-state index in [0.29, 0.717) is 29.8 Å². The summed E-state index contributed by atoms with van der Waals surface area (Å²) in [5.41, 5.74) is 1.37. The van der Waals surface area contributed by atoms with Gasteiger partial charge in [0.2, 0.25) is 0 Å². The number of carbonyl (C=O) groups excluding carboxylic acids is 1. The van der Waals surface area contributed by atoms with E-state index in [0.717, 1.165) is 0 Å². The topological polar surface area (TPSA) is 147 Å². The lowest BCUT2D eigenvalue weighted by molar-refractivity contribution is -0.757. The molecule has 0 aromatic carbocycles. The molecule has 0 aliphatic carbocycles.